The molecule has 354 valence electrons. The number of aliphatic hydroxyl groups excluding tert-OH is 2. The van der Waals surface area contributed by atoms with Crippen molar-refractivity contribution < 1.29 is 28.8 Å². The van der Waals surface area contributed by atoms with Gasteiger partial charge in [0, 0.05) is 15.1 Å². The predicted molar refractivity (Wildman–Crippen MR) is 254 cm³/mol. The first-order chi connectivity index (χ1) is 29.2. The Hall–Kier alpha value is 0.330. The maximum Gasteiger partial charge on any atom is 0.158 e. The molecule has 2 heterocycles. The molecule has 10 fully saturated rings. The molecular weight excluding hydrogens is 807 g/mol. The lowest BCUT2D eigenvalue weighted by Gasteiger charge is -2.63. The second-order valence-corrected chi connectivity index (χ2v) is 27.9. The van der Waals surface area contributed by atoms with Gasteiger partial charge < -0.3 is 24.2 Å². The fourth-order valence-electron chi connectivity index (χ4n) is 19.3. The first-order valence-corrected chi connectivity index (χ1v) is 27.9. The lowest BCUT2D eigenvalue weighted by molar-refractivity contribution is -0.174. The number of ether oxygens (including phenoxy) is 2. The third-order valence-corrected chi connectivity index (χ3v) is 24.3. The van der Waals surface area contributed by atoms with Gasteiger partial charge in [-0.25, -0.2) is 0 Å². The Labute approximate surface area is 382 Å². The van der Waals surface area contributed by atoms with Crippen LogP contribution in [0.15, 0.2) is 0 Å². The number of fused-ring (bicyclic) bond motifs is 10. The van der Waals surface area contributed by atoms with Crippen LogP contribution in [0.1, 0.15) is 198 Å². The smallest absolute Gasteiger partial charge is 0.158 e. The molecule has 8 aliphatic carbocycles. The molecule has 7 unspecified atom stereocenters. The van der Waals surface area contributed by atoms with Crippen LogP contribution in [0.3, 0.4) is 0 Å². The van der Waals surface area contributed by atoms with Crippen molar-refractivity contribution in [2.45, 2.75) is 245 Å². The van der Waals surface area contributed by atoms with E-state index in [9.17, 15) is 14.8 Å². The molecule has 0 spiro atoms. The van der Waals surface area contributed by atoms with Crippen LogP contribution in [0, 0.1) is 92.7 Å². The number of aliphatic hydroxyl groups is 2. The average Bonchev–Trinajstić information content (AvgIpc) is 3.90. The molecule has 62 heavy (non-hydrogen) atoms. The lowest BCUT2D eigenvalue weighted by Crippen LogP contribution is -2.58. The SMILES string of the molecule is C[C@H](CCC1OC1(C)C)[C@H]1CC[C@H]2[C@@H]3C(O)C[C@@H]4CC(O)CC[C@]4(C)[C@H]3CC[C@]12C.C[C@H](CCC1OC1(C)C)[C@H]1CC[C@H]2[C@@H]3C(OP)C[C@@H]4CC(P=O)CC[C@]4(C)[C@H]3CC[C@]12C. The molecular formula is C54H92O6P2. The summed E-state index contributed by atoms with van der Waals surface area (Å²) in [4.78, 5) is 0. The molecule has 0 radical (unpaired) electrons. The second-order valence-electron chi connectivity index (χ2n) is 26.6. The van der Waals surface area contributed by atoms with Gasteiger partial charge in [0.15, 0.2) is 8.46 Å². The highest BCUT2D eigenvalue weighted by atomic mass is 31.1. The minimum atomic E-state index is -0.155. The van der Waals surface area contributed by atoms with E-state index in [1.54, 1.807) is 0 Å². The van der Waals surface area contributed by atoms with Crippen molar-refractivity contribution in [3.63, 3.8) is 0 Å². The fraction of sp³-hybridized carbons (Fsp3) is 1.00. The van der Waals surface area contributed by atoms with Crippen LogP contribution in [0.4, 0.5) is 0 Å². The first kappa shape index (κ1) is 47.4. The van der Waals surface area contributed by atoms with Gasteiger partial charge in [-0.05, 0) is 249 Å². The first-order valence-electron chi connectivity index (χ1n) is 26.6. The van der Waals surface area contributed by atoms with E-state index in [2.05, 4.69) is 78.7 Å². The van der Waals surface area contributed by atoms with Crippen molar-refractivity contribution in [1.29, 1.82) is 0 Å². The zero-order valence-corrected chi connectivity index (χ0v) is 43.1. The van der Waals surface area contributed by atoms with Crippen molar-refractivity contribution in [2.75, 3.05) is 0 Å². The van der Waals surface area contributed by atoms with Crippen molar-refractivity contribution in [2.24, 2.45) is 92.7 Å². The third-order valence-electron chi connectivity index (χ3n) is 23.2. The summed E-state index contributed by atoms with van der Waals surface area (Å²) in [5, 5.41) is 21.6. The van der Waals surface area contributed by atoms with Crippen LogP contribution in [-0.2, 0) is 18.6 Å². The summed E-state index contributed by atoms with van der Waals surface area (Å²) in [6.45, 7) is 24.3. The van der Waals surface area contributed by atoms with Crippen LogP contribution in [0.5, 0.6) is 0 Å². The van der Waals surface area contributed by atoms with Crippen LogP contribution in [0.2, 0.25) is 0 Å². The van der Waals surface area contributed by atoms with Crippen LogP contribution >= 0.6 is 17.9 Å². The summed E-state index contributed by atoms with van der Waals surface area (Å²) in [5.74, 6) is 8.52. The predicted octanol–water partition coefficient (Wildman–Crippen LogP) is 13.3. The van der Waals surface area contributed by atoms with Gasteiger partial charge in [-0.15, -0.1) is 0 Å². The quantitative estimate of drug-likeness (QED) is 0.168. The van der Waals surface area contributed by atoms with Gasteiger partial charge >= 0.3 is 0 Å². The van der Waals surface area contributed by atoms with Crippen molar-refractivity contribution >= 4 is 17.9 Å². The van der Waals surface area contributed by atoms with E-state index in [0.717, 1.165) is 74.0 Å². The highest BCUT2D eigenvalue weighted by Gasteiger charge is 2.65. The molecule has 0 aromatic heterocycles. The standard InChI is InChI=1S/C27H46O3P2.C27H46O3/c1-16(6-9-23-25(2,3)29-23)19-7-8-20-24-21(11-13-27(19,20)5)26(4)12-10-18(32-28)14-17(26)15-22(24)30-31;1-16(6-9-23-25(2,3)30-23)19-7-8-20-24-21(11-13-27(19,20)5)26(4)12-10-18(28)14-17(26)15-22(24)29/h16-24H,6-15,31H2,1-5H3;16-24,28-29H,6-15H2,1-5H3/t2*16-,17+,18?,19-,20+,21+,22?,23?,24+,26+,27-/m11/s1. The zero-order chi connectivity index (χ0) is 44.4. The Bertz CT molecular complexity index is 1620. The van der Waals surface area contributed by atoms with Gasteiger partial charge in [0.1, 0.15) is 0 Å². The Kier molecular flexibility index (Phi) is 13.1. The molecule has 23 atom stereocenters. The molecule has 2 aliphatic heterocycles. The second kappa shape index (κ2) is 17.1. The minimum Gasteiger partial charge on any atom is -0.393 e. The zero-order valence-electron chi connectivity index (χ0n) is 41.1. The molecule has 10 aliphatic rings. The van der Waals surface area contributed by atoms with Crippen LogP contribution in [0.25, 0.3) is 0 Å². The highest BCUT2D eigenvalue weighted by Crippen LogP contribution is 2.71. The third kappa shape index (κ3) is 8.06. The average molecular weight is 899 g/mol. The summed E-state index contributed by atoms with van der Waals surface area (Å²) < 4.78 is 29.6. The van der Waals surface area contributed by atoms with Gasteiger partial charge in [0.05, 0.1) is 41.7 Å². The molecule has 2 saturated heterocycles. The summed E-state index contributed by atoms with van der Waals surface area (Å²) in [7, 11) is 3.01. The van der Waals surface area contributed by atoms with Crippen LogP contribution in [-0.4, -0.2) is 57.6 Å². The molecule has 0 aromatic carbocycles. The van der Waals surface area contributed by atoms with Gasteiger partial charge in [-0.2, -0.15) is 0 Å². The summed E-state index contributed by atoms with van der Waals surface area (Å²) >= 11 is 0. The Morgan fingerprint density at radius 1 is 0.597 bits per heavy atom. The highest BCUT2D eigenvalue weighted by molar-refractivity contribution is 7.24. The Balaban J connectivity index is 0.000000158. The molecule has 2 N–H and O–H groups in total. The molecule has 0 aromatic rings. The largest absolute Gasteiger partial charge is 0.393 e. The Morgan fingerprint density at radius 2 is 1.05 bits per heavy atom. The van der Waals surface area contributed by atoms with Crippen molar-refractivity contribution in [3.8, 4) is 0 Å². The van der Waals surface area contributed by atoms with Gasteiger partial charge in [-0.1, -0.05) is 41.5 Å². The molecule has 0 amide bonds. The van der Waals surface area contributed by atoms with Gasteiger partial charge in [-0.3, -0.25) is 4.57 Å². The van der Waals surface area contributed by atoms with E-state index >= 15 is 0 Å². The fourth-order valence-corrected chi connectivity index (χ4v) is 20.1. The maximum absolute atomic E-state index is 11.7. The molecule has 8 heteroatoms. The number of rotatable bonds is 10. The van der Waals surface area contributed by atoms with Crippen molar-refractivity contribution in [3.05, 3.63) is 0 Å². The van der Waals surface area contributed by atoms with E-state index in [0.29, 0.717) is 89.6 Å². The number of epoxide rings is 2. The number of hydrogen-bond donors (Lipinski definition) is 2. The molecule has 8 saturated carbocycles. The topological polar surface area (TPSA) is 91.8 Å². The normalized spacial score (nSPS) is 54.0. The van der Waals surface area contributed by atoms with E-state index in [1.807, 2.05) is 0 Å². The molecule has 10 rings (SSSR count). The Morgan fingerprint density at radius 3 is 1.55 bits per heavy atom. The van der Waals surface area contributed by atoms with Crippen LogP contribution < -0.4 is 0 Å². The lowest BCUT2D eigenvalue weighted by atomic mass is 9.43. The maximum atomic E-state index is 11.7. The number of hydrogen-bond acceptors (Lipinski definition) is 6. The van der Waals surface area contributed by atoms with Crippen molar-refractivity contribution in [1.82, 2.24) is 0 Å². The summed E-state index contributed by atoms with van der Waals surface area (Å²) in [5.41, 5.74) is 2.25. The van der Waals surface area contributed by atoms with Gasteiger partial charge in [0.25, 0.3) is 0 Å². The summed E-state index contributed by atoms with van der Waals surface area (Å²) in [6.07, 6.45) is 25.6. The monoisotopic (exact) mass is 899 g/mol. The molecule has 0 bridgehead atoms. The minimum absolute atomic E-state index is 0.117. The van der Waals surface area contributed by atoms with E-state index < -0.39 is 0 Å². The van der Waals surface area contributed by atoms with E-state index in [-0.39, 0.29) is 23.4 Å². The molecule has 6 nitrogen and oxygen atoms in total. The summed E-state index contributed by atoms with van der Waals surface area (Å²) in [6, 6.07) is 0. The van der Waals surface area contributed by atoms with E-state index in [1.165, 1.54) is 89.9 Å². The van der Waals surface area contributed by atoms with E-state index in [4.69, 9.17) is 14.0 Å². The van der Waals surface area contributed by atoms with Gasteiger partial charge in [0.2, 0.25) is 0 Å².